The van der Waals surface area contributed by atoms with E-state index in [1.165, 1.54) is 57.8 Å². The standard InChI is InChI=1S/C9H18.C8H18.C2H6/c1-3-9(2)7-5-4-6-8-9;1-5-7-8(3,4)6-2;1-2/h3-8H2,1-2H3;5-7H2,1-4H3;1-2H3. The van der Waals surface area contributed by atoms with Crippen molar-refractivity contribution in [3.05, 3.63) is 0 Å². The number of hydrogen-bond acceptors (Lipinski definition) is 0. The summed E-state index contributed by atoms with van der Waals surface area (Å²) >= 11 is 0. The van der Waals surface area contributed by atoms with Gasteiger partial charge < -0.3 is 0 Å². The summed E-state index contributed by atoms with van der Waals surface area (Å²) in [6.07, 6.45) is 12.8. The second-order valence-electron chi connectivity index (χ2n) is 6.99. The van der Waals surface area contributed by atoms with Crippen molar-refractivity contribution >= 4 is 0 Å². The molecule has 0 amide bonds. The van der Waals surface area contributed by atoms with Gasteiger partial charge in [-0.25, -0.2) is 0 Å². The first-order valence-corrected chi connectivity index (χ1v) is 8.89. The molecule has 0 aliphatic heterocycles. The lowest BCUT2D eigenvalue weighted by atomic mass is 9.74. The predicted octanol–water partition coefficient (Wildman–Crippen LogP) is 7.62. The van der Waals surface area contributed by atoms with Crippen LogP contribution in [0.5, 0.6) is 0 Å². The quantitative estimate of drug-likeness (QED) is 0.493. The Morgan fingerprint density at radius 2 is 1.37 bits per heavy atom. The summed E-state index contributed by atoms with van der Waals surface area (Å²) in [6.45, 7) is 17.9. The van der Waals surface area contributed by atoms with E-state index in [2.05, 4.69) is 41.5 Å². The van der Waals surface area contributed by atoms with Crippen LogP contribution in [0, 0.1) is 10.8 Å². The van der Waals surface area contributed by atoms with E-state index < -0.39 is 0 Å². The summed E-state index contributed by atoms with van der Waals surface area (Å²) in [5, 5.41) is 0. The largest absolute Gasteiger partial charge is 0.0683 e. The van der Waals surface area contributed by atoms with Crippen LogP contribution in [0.4, 0.5) is 0 Å². The Kier molecular flexibility index (Phi) is 13.2. The Balaban J connectivity index is 0. The molecule has 0 atom stereocenters. The average molecular weight is 271 g/mol. The molecule has 0 saturated heterocycles. The Labute approximate surface area is 124 Å². The molecule has 1 aliphatic carbocycles. The summed E-state index contributed by atoms with van der Waals surface area (Å²) in [4.78, 5) is 0. The number of hydrogen-bond donors (Lipinski definition) is 0. The van der Waals surface area contributed by atoms with Crippen LogP contribution in [-0.2, 0) is 0 Å². The van der Waals surface area contributed by atoms with Crippen LogP contribution in [-0.4, -0.2) is 0 Å². The highest BCUT2D eigenvalue weighted by molar-refractivity contribution is 4.76. The van der Waals surface area contributed by atoms with E-state index in [1.54, 1.807) is 0 Å². The fourth-order valence-electron chi connectivity index (χ4n) is 2.61. The van der Waals surface area contributed by atoms with Gasteiger partial charge >= 0.3 is 0 Å². The van der Waals surface area contributed by atoms with Gasteiger partial charge in [0.15, 0.2) is 0 Å². The summed E-state index contributed by atoms with van der Waals surface area (Å²) in [5.41, 5.74) is 1.31. The van der Waals surface area contributed by atoms with Gasteiger partial charge in [0, 0.05) is 0 Å². The molecule has 0 radical (unpaired) electrons. The molecule has 0 N–H and O–H groups in total. The van der Waals surface area contributed by atoms with E-state index in [9.17, 15) is 0 Å². The van der Waals surface area contributed by atoms with Gasteiger partial charge in [-0.3, -0.25) is 0 Å². The monoisotopic (exact) mass is 270 g/mol. The summed E-state index contributed by atoms with van der Waals surface area (Å²) < 4.78 is 0. The highest BCUT2D eigenvalue weighted by Crippen LogP contribution is 2.38. The van der Waals surface area contributed by atoms with Crippen molar-refractivity contribution in [3.8, 4) is 0 Å². The van der Waals surface area contributed by atoms with Gasteiger partial charge in [-0.15, -0.1) is 0 Å². The zero-order valence-corrected chi connectivity index (χ0v) is 15.4. The lowest BCUT2D eigenvalue weighted by Crippen LogP contribution is -2.18. The van der Waals surface area contributed by atoms with Gasteiger partial charge in [-0.05, 0) is 30.1 Å². The molecular formula is C19H42. The van der Waals surface area contributed by atoms with Crippen LogP contribution in [0.1, 0.15) is 113 Å². The van der Waals surface area contributed by atoms with Crippen LogP contribution in [0.25, 0.3) is 0 Å². The molecule has 1 fully saturated rings. The molecule has 0 aromatic carbocycles. The first-order chi connectivity index (χ1) is 8.89. The summed E-state index contributed by atoms with van der Waals surface area (Å²) in [7, 11) is 0. The molecule has 1 saturated carbocycles. The lowest BCUT2D eigenvalue weighted by Gasteiger charge is -2.32. The van der Waals surface area contributed by atoms with Crippen molar-refractivity contribution in [2.24, 2.45) is 10.8 Å². The third-order valence-corrected chi connectivity index (χ3v) is 4.80. The maximum Gasteiger partial charge on any atom is -0.0328 e. The Hall–Kier alpha value is 0. The van der Waals surface area contributed by atoms with E-state index in [0.717, 1.165) is 5.41 Å². The van der Waals surface area contributed by atoms with Crippen LogP contribution in [0.15, 0.2) is 0 Å². The van der Waals surface area contributed by atoms with Crippen molar-refractivity contribution in [3.63, 3.8) is 0 Å². The zero-order valence-electron chi connectivity index (χ0n) is 15.4. The molecule has 0 bridgehead atoms. The normalized spacial score (nSPS) is 17.7. The average Bonchev–Trinajstić information content (AvgIpc) is 2.43. The minimum atomic E-state index is 0.592. The molecule has 19 heavy (non-hydrogen) atoms. The first kappa shape index (κ1) is 21.3. The van der Waals surface area contributed by atoms with Crippen molar-refractivity contribution in [2.75, 3.05) is 0 Å². The van der Waals surface area contributed by atoms with E-state index in [1.807, 2.05) is 13.8 Å². The van der Waals surface area contributed by atoms with Gasteiger partial charge in [0.25, 0.3) is 0 Å². The van der Waals surface area contributed by atoms with Crippen molar-refractivity contribution in [1.82, 2.24) is 0 Å². The highest BCUT2D eigenvalue weighted by Gasteiger charge is 2.23. The van der Waals surface area contributed by atoms with Crippen molar-refractivity contribution < 1.29 is 0 Å². The van der Waals surface area contributed by atoms with Gasteiger partial charge in [0.05, 0.1) is 0 Å². The van der Waals surface area contributed by atoms with E-state index in [0.29, 0.717) is 5.41 Å². The molecule has 0 nitrogen and oxygen atoms in total. The van der Waals surface area contributed by atoms with E-state index in [4.69, 9.17) is 0 Å². The lowest BCUT2D eigenvalue weighted by molar-refractivity contribution is 0.208. The van der Waals surface area contributed by atoms with Crippen molar-refractivity contribution in [2.45, 2.75) is 113 Å². The molecule has 0 heterocycles. The van der Waals surface area contributed by atoms with Crippen LogP contribution >= 0.6 is 0 Å². The maximum absolute atomic E-state index is 2.44. The second kappa shape index (κ2) is 11.8. The summed E-state index contributed by atoms with van der Waals surface area (Å²) in [6, 6.07) is 0. The second-order valence-corrected chi connectivity index (χ2v) is 6.99. The molecule has 0 heteroatoms. The SMILES string of the molecule is CC.CCC1(C)CCCCC1.CCCC(C)(C)CC. The fourth-order valence-corrected chi connectivity index (χ4v) is 2.61. The molecule has 1 aliphatic rings. The zero-order chi connectivity index (χ0) is 15.4. The first-order valence-electron chi connectivity index (χ1n) is 8.89. The molecule has 0 spiro atoms. The van der Waals surface area contributed by atoms with Gasteiger partial charge in [0.2, 0.25) is 0 Å². The molecule has 118 valence electrons. The molecule has 0 aromatic rings. The van der Waals surface area contributed by atoms with E-state index in [-0.39, 0.29) is 0 Å². The fraction of sp³-hybridized carbons (Fsp3) is 1.00. The van der Waals surface area contributed by atoms with Gasteiger partial charge in [0.1, 0.15) is 0 Å². The van der Waals surface area contributed by atoms with Gasteiger partial charge in [-0.2, -0.15) is 0 Å². The van der Waals surface area contributed by atoms with E-state index >= 15 is 0 Å². The Bertz CT molecular complexity index is 172. The van der Waals surface area contributed by atoms with Crippen LogP contribution < -0.4 is 0 Å². The Morgan fingerprint density at radius 3 is 1.58 bits per heavy atom. The smallest absolute Gasteiger partial charge is 0.0328 e. The van der Waals surface area contributed by atoms with Crippen LogP contribution in [0.2, 0.25) is 0 Å². The third kappa shape index (κ3) is 11.5. The molecule has 1 rings (SSSR count). The minimum Gasteiger partial charge on any atom is -0.0683 e. The molecular weight excluding hydrogens is 228 g/mol. The van der Waals surface area contributed by atoms with Crippen molar-refractivity contribution in [1.29, 1.82) is 0 Å². The molecule has 0 unspecified atom stereocenters. The van der Waals surface area contributed by atoms with Crippen LogP contribution in [0.3, 0.4) is 0 Å². The third-order valence-electron chi connectivity index (χ3n) is 4.80. The molecule has 0 aromatic heterocycles. The number of rotatable bonds is 4. The predicted molar refractivity (Wildman–Crippen MR) is 91.8 cm³/mol. The summed E-state index contributed by atoms with van der Waals surface area (Å²) in [5.74, 6) is 0. The van der Waals surface area contributed by atoms with Gasteiger partial charge in [-0.1, -0.05) is 93.9 Å². The highest BCUT2D eigenvalue weighted by atomic mass is 14.3. The topological polar surface area (TPSA) is 0 Å². The maximum atomic E-state index is 2.44. The Morgan fingerprint density at radius 1 is 0.895 bits per heavy atom. The minimum absolute atomic E-state index is 0.592.